The number of rotatable bonds is 4. The van der Waals surface area contributed by atoms with Gasteiger partial charge >= 0.3 is 0 Å². The van der Waals surface area contributed by atoms with Gasteiger partial charge in [-0.05, 0) is 31.4 Å². The third kappa shape index (κ3) is 3.13. The Bertz CT molecular complexity index is 669. The van der Waals surface area contributed by atoms with Gasteiger partial charge in [-0.25, -0.2) is 0 Å². The Labute approximate surface area is 142 Å². The van der Waals surface area contributed by atoms with Gasteiger partial charge in [0.05, 0.1) is 0 Å². The summed E-state index contributed by atoms with van der Waals surface area (Å²) in [7, 11) is 0. The van der Waals surface area contributed by atoms with E-state index in [2.05, 4.69) is 5.32 Å². The summed E-state index contributed by atoms with van der Waals surface area (Å²) in [5, 5.41) is 2.90. The molecule has 2 rings (SSSR count). The van der Waals surface area contributed by atoms with E-state index in [0.717, 1.165) is 12.0 Å². The minimum absolute atomic E-state index is 0.0491. The lowest BCUT2D eigenvalue weighted by atomic mass is 9.88. The molecule has 1 heterocycles. The number of nitrogens with two attached hydrogens (primary N) is 1. The van der Waals surface area contributed by atoms with Crippen LogP contribution in [0.4, 0.5) is 5.69 Å². The van der Waals surface area contributed by atoms with Crippen molar-refractivity contribution in [3.8, 4) is 0 Å². The van der Waals surface area contributed by atoms with Crippen molar-refractivity contribution in [1.82, 2.24) is 4.90 Å². The molecule has 1 aliphatic heterocycles. The Morgan fingerprint density at radius 3 is 2.58 bits per heavy atom. The Kier molecular flexibility index (Phi) is 4.96. The number of nitrogens with one attached hydrogen (secondary N) is 1. The molecule has 1 aromatic rings. The van der Waals surface area contributed by atoms with Gasteiger partial charge in [-0.3, -0.25) is 14.4 Å². The second kappa shape index (κ2) is 6.63. The maximum atomic E-state index is 13.0. The fraction of sp³-hybridized carbons (Fsp3) is 0.500. The van der Waals surface area contributed by atoms with Gasteiger partial charge in [0.15, 0.2) is 0 Å². The van der Waals surface area contributed by atoms with E-state index in [1.54, 1.807) is 0 Å². The fourth-order valence-electron chi connectivity index (χ4n) is 2.86. The number of hydrogen-bond donors (Lipinski definition) is 2. The van der Waals surface area contributed by atoms with Gasteiger partial charge in [0.25, 0.3) is 0 Å². The number of primary amides is 1. The lowest BCUT2D eigenvalue weighted by molar-refractivity contribution is -0.153. The Hall–Kier alpha value is -2.37. The zero-order chi connectivity index (χ0) is 18.1. The Morgan fingerprint density at radius 2 is 2.00 bits per heavy atom. The molecule has 6 nitrogen and oxygen atoms in total. The van der Waals surface area contributed by atoms with Gasteiger partial charge in [-0.1, -0.05) is 38.5 Å². The zero-order valence-corrected chi connectivity index (χ0v) is 14.6. The highest BCUT2D eigenvalue weighted by Gasteiger charge is 2.44. The summed E-state index contributed by atoms with van der Waals surface area (Å²) in [6.45, 7) is 7.16. The predicted octanol–water partition coefficient (Wildman–Crippen LogP) is 1.89. The number of hydrogen-bond acceptors (Lipinski definition) is 3. The summed E-state index contributed by atoms with van der Waals surface area (Å²) in [6.07, 6.45) is 0.731. The van der Waals surface area contributed by atoms with Crippen LogP contribution in [0, 0.1) is 11.3 Å². The molecule has 0 saturated carbocycles. The molecule has 0 fully saturated rings. The lowest BCUT2D eigenvalue weighted by Gasteiger charge is -2.36. The van der Waals surface area contributed by atoms with E-state index in [1.165, 1.54) is 18.7 Å². The number of nitrogens with zero attached hydrogens (tertiary/aromatic N) is 1. The fourth-order valence-corrected chi connectivity index (χ4v) is 2.86. The average molecular weight is 331 g/mol. The van der Waals surface area contributed by atoms with E-state index in [1.807, 2.05) is 38.1 Å². The number of fused-ring (bicyclic) bond motifs is 1. The van der Waals surface area contributed by atoms with Crippen molar-refractivity contribution in [1.29, 1.82) is 0 Å². The van der Waals surface area contributed by atoms with E-state index in [0.29, 0.717) is 5.69 Å². The molecule has 24 heavy (non-hydrogen) atoms. The third-order valence-electron chi connectivity index (χ3n) is 4.81. The molecule has 3 N–H and O–H groups in total. The van der Waals surface area contributed by atoms with E-state index >= 15 is 0 Å². The number of anilines is 1. The van der Waals surface area contributed by atoms with Gasteiger partial charge in [0, 0.05) is 12.2 Å². The molecule has 0 bridgehead atoms. The maximum absolute atomic E-state index is 13.0. The highest BCUT2D eigenvalue weighted by molar-refractivity contribution is 6.06. The summed E-state index contributed by atoms with van der Waals surface area (Å²) >= 11 is 0. The molecule has 0 radical (unpaired) electrons. The van der Waals surface area contributed by atoms with E-state index in [-0.39, 0.29) is 18.4 Å². The molecule has 0 saturated heterocycles. The number of carbonyl (C=O) groups is 3. The number of para-hydroxylation sites is 1. The van der Waals surface area contributed by atoms with Gasteiger partial charge < -0.3 is 16.0 Å². The van der Waals surface area contributed by atoms with E-state index < -0.39 is 23.3 Å². The molecular formula is C18H25N3O3. The molecule has 0 spiro atoms. The molecular weight excluding hydrogens is 306 g/mol. The van der Waals surface area contributed by atoms with Crippen LogP contribution in [0.3, 0.4) is 0 Å². The highest BCUT2D eigenvalue weighted by Crippen LogP contribution is 2.30. The Balaban J connectivity index is 2.52. The monoisotopic (exact) mass is 331 g/mol. The minimum atomic E-state index is -1.37. The van der Waals surface area contributed by atoms with Crippen LogP contribution >= 0.6 is 0 Å². The highest BCUT2D eigenvalue weighted by atomic mass is 16.2. The molecule has 3 amide bonds. The van der Waals surface area contributed by atoms with Crippen molar-refractivity contribution in [3.63, 3.8) is 0 Å². The van der Waals surface area contributed by atoms with Crippen LogP contribution in [0.2, 0.25) is 0 Å². The average Bonchev–Trinajstić information content (AvgIpc) is 2.68. The van der Waals surface area contributed by atoms with Gasteiger partial charge in [-0.2, -0.15) is 0 Å². The lowest BCUT2D eigenvalue weighted by Crippen LogP contribution is -2.55. The molecule has 6 heteroatoms. The molecule has 1 aliphatic rings. The van der Waals surface area contributed by atoms with Crippen molar-refractivity contribution in [3.05, 3.63) is 29.8 Å². The number of carbonyl (C=O) groups excluding carboxylic acids is 3. The summed E-state index contributed by atoms with van der Waals surface area (Å²) in [4.78, 5) is 39.1. The first-order valence-electron chi connectivity index (χ1n) is 8.19. The van der Waals surface area contributed by atoms with Crippen molar-refractivity contribution < 1.29 is 14.4 Å². The first-order valence-corrected chi connectivity index (χ1v) is 8.19. The largest absolute Gasteiger partial charge is 0.369 e. The van der Waals surface area contributed by atoms with E-state index in [4.69, 9.17) is 5.73 Å². The number of benzene rings is 1. The molecule has 0 aliphatic carbocycles. The predicted molar refractivity (Wildman–Crippen MR) is 91.8 cm³/mol. The smallest absolute Gasteiger partial charge is 0.247 e. The van der Waals surface area contributed by atoms with Crippen LogP contribution < -0.4 is 11.1 Å². The quantitative estimate of drug-likeness (QED) is 0.825. The summed E-state index contributed by atoms with van der Waals surface area (Å²) in [5.41, 5.74) is 5.58. The van der Waals surface area contributed by atoms with E-state index in [9.17, 15) is 14.4 Å². The summed E-state index contributed by atoms with van der Waals surface area (Å²) in [5.74, 6) is -1.41. The van der Waals surface area contributed by atoms with Gasteiger partial charge in [0.2, 0.25) is 17.7 Å². The second-order valence-corrected chi connectivity index (χ2v) is 6.90. The van der Waals surface area contributed by atoms with Crippen molar-refractivity contribution in [2.24, 2.45) is 17.1 Å². The van der Waals surface area contributed by atoms with Crippen molar-refractivity contribution >= 4 is 23.4 Å². The SMILES string of the molecule is CCC(C)C1C(=O)Nc2ccccc2CN1C(=O)C(C)(C)C(N)=O. The topological polar surface area (TPSA) is 92.5 Å². The second-order valence-electron chi connectivity index (χ2n) is 6.90. The van der Waals surface area contributed by atoms with Crippen molar-refractivity contribution in [2.75, 3.05) is 5.32 Å². The first kappa shape index (κ1) is 18.0. The maximum Gasteiger partial charge on any atom is 0.247 e. The molecule has 2 unspecified atom stereocenters. The number of amides is 3. The van der Waals surface area contributed by atoms with Crippen LogP contribution in [-0.2, 0) is 20.9 Å². The van der Waals surface area contributed by atoms with Crippen LogP contribution in [0.15, 0.2) is 24.3 Å². The minimum Gasteiger partial charge on any atom is -0.369 e. The molecule has 1 aromatic carbocycles. The van der Waals surface area contributed by atoms with Crippen LogP contribution in [0.5, 0.6) is 0 Å². The van der Waals surface area contributed by atoms with Crippen LogP contribution in [0.25, 0.3) is 0 Å². The van der Waals surface area contributed by atoms with Crippen LogP contribution in [-0.4, -0.2) is 28.7 Å². The van der Waals surface area contributed by atoms with Gasteiger partial charge in [0.1, 0.15) is 11.5 Å². The normalized spacial score (nSPS) is 19.1. The third-order valence-corrected chi connectivity index (χ3v) is 4.81. The standard InChI is InChI=1S/C18H25N3O3/c1-5-11(2)14-15(22)20-13-9-7-6-8-12(13)10-21(14)17(24)18(3,4)16(19)23/h6-9,11,14H,5,10H2,1-4H3,(H2,19,23)(H,20,22). The molecule has 130 valence electrons. The summed E-state index contributed by atoms with van der Waals surface area (Å²) < 4.78 is 0. The van der Waals surface area contributed by atoms with Gasteiger partial charge in [-0.15, -0.1) is 0 Å². The molecule has 2 atom stereocenters. The van der Waals surface area contributed by atoms with Crippen LogP contribution in [0.1, 0.15) is 39.7 Å². The first-order chi connectivity index (χ1) is 11.2. The molecule has 0 aromatic heterocycles. The zero-order valence-electron chi connectivity index (χ0n) is 14.6. The van der Waals surface area contributed by atoms with Crippen molar-refractivity contribution in [2.45, 2.75) is 46.7 Å². The summed E-state index contributed by atoms with van der Waals surface area (Å²) in [6, 6.07) is 6.73. The Morgan fingerprint density at radius 1 is 1.38 bits per heavy atom.